The number of hydrogen-bond acceptors (Lipinski definition) is 7. The summed E-state index contributed by atoms with van der Waals surface area (Å²) in [7, 11) is 1.63. The lowest BCUT2D eigenvalue weighted by Gasteiger charge is -2.17. The Labute approximate surface area is 180 Å². The quantitative estimate of drug-likeness (QED) is 0.499. The number of hydrogen-bond donors (Lipinski definition) is 2. The van der Waals surface area contributed by atoms with Crippen LogP contribution >= 0.6 is 0 Å². The molecular weight excluding hydrogens is 390 g/mol. The molecule has 0 bridgehead atoms. The molecule has 8 nitrogen and oxygen atoms in total. The van der Waals surface area contributed by atoms with E-state index >= 15 is 0 Å². The summed E-state index contributed by atoms with van der Waals surface area (Å²) in [5.74, 6) is 1.45. The summed E-state index contributed by atoms with van der Waals surface area (Å²) in [6.45, 7) is 4.61. The second-order valence-corrected chi connectivity index (χ2v) is 7.27. The van der Waals surface area contributed by atoms with E-state index in [-0.39, 0.29) is 11.8 Å². The van der Waals surface area contributed by atoms with Gasteiger partial charge in [-0.25, -0.2) is 19.9 Å². The van der Waals surface area contributed by atoms with Gasteiger partial charge in [0.25, 0.3) is 5.91 Å². The van der Waals surface area contributed by atoms with Crippen LogP contribution in [-0.2, 0) is 0 Å². The molecular formula is C23H23N7O. The van der Waals surface area contributed by atoms with E-state index in [1.165, 1.54) is 6.33 Å². The number of aromatic nitrogens is 5. The fraction of sp³-hybridized carbons (Fsp3) is 0.217. The molecule has 2 N–H and O–H groups in total. The second-order valence-electron chi connectivity index (χ2n) is 7.27. The van der Waals surface area contributed by atoms with Crippen molar-refractivity contribution in [3.05, 3.63) is 72.2 Å². The molecule has 0 saturated heterocycles. The van der Waals surface area contributed by atoms with Gasteiger partial charge in [-0.15, -0.1) is 0 Å². The number of amides is 1. The van der Waals surface area contributed by atoms with Crippen molar-refractivity contribution < 1.29 is 4.79 Å². The zero-order valence-corrected chi connectivity index (χ0v) is 17.6. The lowest BCUT2D eigenvalue weighted by atomic mass is 9.95. The van der Waals surface area contributed by atoms with Gasteiger partial charge in [-0.3, -0.25) is 9.78 Å². The third kappa shape index (κ3) is 4.32. The Morgan fingerprint density at radius 1 is 1.06 bits per heavy atom. The van der Waals surface area contributed by atoms with Crippen LogP contribution in [0.25, 0.3) is 22.2 Å². The Balaban J connectivity index is 1.55. The topological polar surface area (TPSA) is 106 Å². The van der Waals surface area contributed by atoms with Gasteiger partial charge in [0.15, 0.2) is 0 Å². The van der Waals surface area contributed by atoms with E-state index in [1.807, 2.05) is 37.3 Å². The van der Waals surface area contributed by atoms with Crippen molar-refractivity contribution in [3.8, 4) is 11.3 Å². The largest absolute Gasteiger partial charge is 0.369 e. The number of fused-ring (bicyclic) bond motifs is 1. The van der Waals surface area contributed by atoms with Crippen LogP contribution < -0.4 is 10.6 Å². The summed E-state index contributed by atoms with van der Waals surface area (Å²) in [6.07, 6.45) is 6.78. The van der Waals surface area contributed by atoms with Gasteiger partial charge in [-0.1, -0.05) is 19.1 Å². The van der Waals surface area contributed by atoms with E-state index in [2.05, 4.69) is 42.5 Å². The molecule has 4 rings (SSSR count). The zero-order valence-electron chi connectivity index (χ0n) is 17.6. The highest BCUT2D eigenvalue weighted by molar-refractivity contribution is 6.06. The SMILES string of the molecule is CNC(=O)c1ccc([C@H](C)CNc2cc(-c3cnc(C)nc3)ncn2)c2ncccc12. The molecule has 0 spiro atoms. The molecule has 3 aromatic heterocycles. The van der Waals surface area contributed by atoms with Crippen LogP contribution in [0.1, 0.15) is 34.6 Å². The van der Waals surface area contributed by atoms with Crippen LogP contribution in [0.4, 0.5) is 5.82 Å². The molecule has 0 aliphatic heterocycles. The average molecular weight is 413 g/mol. The van der Waals surface area contributed by atoms with Crippen molar-refractivity contribution >= 4 is 22.6 Å². The molecule has 0 unspecified atom stereocenters. The summed E-state index contributed by atoms with van der Waals surface area (Å²) < 4.78 is 0. The fourth-order valence-corrected chi connectivity index (χ4v) is 3.43. The van der Waals surface area contributed by atoms with Gasteiger partial charge in [0.2, 0.25) is 0 Å². The van der Waals surface area contributed by atoms with E-state index in [9.17, 15) is 4.79 Å². The maximum Gasteiger partial charge on any atom is 0.251 e. The molecule has 31 heavy (non-hydrogen) atoms. The molecule has 8 heteroatoms. The van der Waals surface area contributed by atoms with Crippen LogP contribution in [0.3, 0.4) is 0 Å². The Hall–Kier alpha value is -3.94. The van der Waals surface area contributed by atoms with Gasteiger partial charge in [-0.05, 0) is 24.6 Å². The molecule has 1 atom stereocenters. The smallest absolute Gasteiger partial charge is 0.251 e. The molecule has 0 radical (unpaired) electrons. The van der Waals surface area contributed by atoms with Gasteiger partial charge in [-0.2, -0.15) is 0 Å². The summed E-state index contributed by atoms with van der Waals surface area (Å²) in [4.78, 5) is 33.9. The predicted molar refractivity (Wildman–Crippen MR) is 120 cm³/mol. The van der Waals surface area contributed by atoms with Gasteiger partial charge in [0, 0.05) is 60.7 Å². The van der Waals surface area contributed by atoms with Crippen molar-refractivity contribution in [2.45, 2.75) is 19.8 Å². The van der Waals surface area contributed by atoms with E-state index in [0.29, 0.717) is 17.9 Å². The second kappa shape index (κ2) is 8.83. The lowest BCUT2D eigenvalue weighted by Crippen LogP contribution is -2.19. The first-order chi connectivity index (χ1) is 15.1. The highest BCUT2D eigenvalue weighted by atomic mass is 16.1. The first-order valence-electron chi connectivity index (χ1n) is 10.0. The van der Waals surface area contributed by atoms with Crippen LogP contribution in [0.5, 0.6) is 0 Å². The van der Waals surface area contributed by atoms with E-state index in [1.54, 1.807) is 25.6 Å². The first-order valence-corrected chi connectivity index (χ1v) is 10.0. The van der Waals surface area contributed by atoms with Crippen molar-refractivity contribution in [3.63, 3.8) is 0 Å². The van der Waals surface area contributed by atoms with Gasteiger partial charge in [0.1, 0.15) is 18.0 Å². The van der Waals surface area contributed by atoms with Gasteiger partial charge in [0.05, 0.1) is 11.2 Å². The minimum atomic E-state index is -0.121. The molecule has 0 aliphatic carbocycles. The van der Waals surface area contributed by atoms with Crippen LogP contribution in [0.2, 0.25) is 0 Å². The van der Waals surface area contributed by atoms with Crippen molar-refractivity contribution in [1.82, 2.24) is 30.2 Å². The monoisotopic (exact) mass is 413 g/mol. The number of rotatable bonds is 6. The molecule has 156 valence electrons. The third-order valence-corrected chi connectivity index (χ3v) is 5.14. The summed E-state index contributed by atoms with van der Waals surface area (Å²) in [5.41, 5.74) is 4.11. The normalized spacial score (nSPS) is 11.8. The summed E-state index contributed by atoms with van der Waals surface area (Å²) >= 11 is 0. The summed E-state index contributed by atoms with van der Waals surface area (Å²) in [5, 5.41) is 6.91. The summed E-state index contributed by atoms with van der Waals surface area (Å²) in [6, 6.07) is 9.48. The van der Waals surface area contributed by atoms with Crippen molar-refractivity contribution in [1.29, 1.82) is 0 Å². The Kier molecular flexibility index (Phi) is 5.79. The zero-order chi connectivity index (χ0) is 21.8. The maximum absolute atomic E-state index is 12.2. The Morgan fingerprint density at radius 3 is 2.65 bits per heavy atom. The van der Waals surface area contributed by atoms with Gasteiger partial charge >= 0.3 is 0 Å². The molecule has 0 aliphatic rings. The predicted octanol–water partition coefficient (Wildman–Crippen LogP) is 3.37. The number of aryl methyl sites for hydroxylation is 1. The number of anilines is 1. The van der Waals surface area contributed by atoms with Crippen molar-refractivity contribution in [2.24, 2.45) is 0 Å². The number of nitrogens with one attached hydrogen (secondary N) is 2. The van der Waals surface area contributed by atoms with Gasteiger partial charge < -0.3 is 10.6 Å². The molecule has 0 saturated carbocycles. The number of benzene rings is 1. The molecule has 4 aromatic rings. The number of pyridine rings is 1. The minimum Gasteiger partial charge on any atom is -0.369 e. The average Bonchev–Trinajstić information content (AvgIpc) is 2.82. The molecule has 0 fully saturated rings. The van der Waals surface area contributed by atoms with Crippen molar-refractivity contribution in [2.75, 3.05) is 18.9 Å². The van der Waals surface area contributed by atoms with E-state index in [0.717, 1.165) is 33.5 Å². The number of nitrogens with zero attached hydrogens (tertiary/aromatic N) is 5. The first kappa shape index (κ1) is 20.3. The highest BCUT2D eigenvalue weighted by Gasteiger charge is 2.16. The number of carbonyl (C=O) groups excluding carboxylic acids is 1. The third-order valence-electron chi connectivity index (χ3n) is 5.14. The maximum atomic E-state index is 12.2. The Bertz CT molecular complexity index is 1220. The van der Waals surface area contributed by atoms with E-state index in [4.69, 9.17) is 0 Å². The fourth-order valence-electron chi connectivity index (χ4n) is 3.43. The standard InChI is InChI=1S/C23H23N7O/c1-14(17-6-7-19(23(31)24-3)18-5-4-8-25-22(17)18)10-28-21-9-20(29-13-30-21)16-11-26-15(2)27-12-16/h4-9,11-14H,10H2,1-3H3,(H,24,31)(H,28,29,30)/t14-/m1/s1. The highest BCUT2D eigenvalue weighted by Crippen LogP contribution is 2.27. The minimum absolute atomic E-state index is 0.121. The van der Waals surface area contributed by atoms with E-state index < -0.39 is 0 Å². The molecule has 1 amide bonds. The van der Waals surface area contributed by atoms with Crippen LogP contribution in [-0.4, -0.2) is 44.4 Å². The molecule has 1 aromatic carbocycles. The lowest BCUT2D eigenvalue weighted by molar-refractivity contribution is 0.0964. The number of carbonyl (C=O) groups is 1. The van der Waals surface area contributed by atoms with Crippen LogP contribution in [0.15, 0.2) is 55.2 Å². The molecule has 3 heterocycles. The van der Waals surface area contributed by atoms with Crippen LogP contribution in [0, 0.1) is 6.92 Å². The Morgan fingerprint density at radius 2 is 1.87 bits per heavy atom.